The number of carboxylic acid groups (broad SMARTS) is 1. The molecule has 1 aliphatic carbocycles. The van der Waals surface area contributed by atoms with Crippen LogP contribution in [0.25, 0.3) is 0 Å². The molecule has 1 aliphatic rings. The minimum Gasteiger partial charge on any atom is -0.481 e. The Morgan fingerprint density at radius 1 is 1.38 bits per heavy atom. The van der Waals surface area contributed by atoms with Gasteiger partial charge < -0.3 is 10.4 Å². The summed E-state index contributed by atoms with van der Waals surface area (Å²) < 4.78 is 0. The summed E-state index contributed by atoms with van der Waals surface area (Å²) >= 11 is 6.06. The fourth-order valence-corrected chi connectivity index (χ4v) is 2.89. The van der Waals surface area contributed by atoms with Crippen molar-refractivity contribution in [3.05, 3.63) is 34.3 Å². The molecule has 0 aliphatic heterocycles. The molecule has 0 bridgehead atoms. The zero-order chi connectivity index (χ0) is 15.4. The molecule has 21 heavy (non-hydrogen) atoms. The summed E-state index contributed by atoms with van der Waals surface area (Å²) in [5.41, 5.74) is 2.06. The molecule has 1 fully saturated rings. The molecule has 1 amide bonds. The molecular formula is C16H20ClNO3. The molecule has 0 aromatic heterocycles. The van der Waals surface area contributed by atoms with Crippen LogP contribution in [0.5, 0.6) is 0 Å². The van der Waals surface area contributed by atoms with E-state index in [2.05, 4.69) is 5.32 Å². The highest BCUT2D eigenvalue weighted by atomic mass is 35.5. The average molecular weight is 310 g/mol. The highest BCUT2D eigenvalue weighted by molar-refractivity contribution is 6.31. The molecule has 2 N–H and O–H groups in total. The van der Waals surface area contributed by atoms with Gasteiger partial charge in [-0.2, -0.15) is 0 Å². The zero-order valence-corrected chi connectivity index (χ0v) is 12.8. The number of nitrogens with one attached hydrogen (secondary N) is 1. The molecule has 2 rings (SSSR count). The van der Waals surface area contributed by atoms with Crippen molar-refractivity contribution in [2.24, 2.45) is 5.92 Å². The number of aryl methyl sites for hydroxylation is 2. The Morgan fingerprint density at radius 3 is 2.76 bits per heavy atom. The zero-order valence-electron chi connectivity index (χ0n) is 12.1. The van der Waals surface area contributed by atoms with Crippen LogP contribution in [0.1, 0.15) is 36.8 Å². The Kier molecular flexibility index (Phi) is 5.23. The van der Waals surface area contributed by atoms with E-state index in [0.717, 1.165) is 17.5 Å². The molecule has 4 nitrogen and oxygen atoms in total. The number of carbonyl (C=O) groups is 2. The number of amides is 1. The molecule has 114 valence electrons. The molecule has 0 spiro atoms. The standard InChI is InChI=1S/C16H20ClNO3/c1-10-2-3-11(8-14(10)17)4-7-15(19)18-13-6-5-12(9-13)16(20)21/h2-3,8,12-13H,4-7,9H2,1H3,(H,18,19)(H,20,21)/t12-,13+/m1/s1. The Balaban J connectivity index is 1.77. The van der Waals surface area contributed by atoms with Gasteiger partial charge in [-0.1, -0.05) is 23.7 Å². The third-order valence-corrected chi connectivity index (χ3v) is 4.43. The SMILES string of the molecule is Cc1ccc(CCC(=O)N[C@H]2CC[C@@H](C(=O)O)C2)cc1Cl. The lowest BCUT2D eigenvalue weighted by Crippen LogP contribution is -2.33. The van der Waals surface area contributed by atoms with E-state index < -0.39 is 5.97 Å². The first-order chi connectivity index (χ1) is 9.95. The molecule has 1 saturated carbocycles. The van der Waals surface area contributed by atoms with Crippen LogP contribution in [0, 0.1) is 12.8 Å². The van der Waals surface area contributed by atoms with Crippen LogP contribution in [-0.4, -0.2) is 23.0 Å². The largest absolute Gasteiger partial charge is 0.481 e. The smallest absolute Gasteiger partial charge is 0.306 e. The lowest BCUT2D eigenvalue weighted by atomic mass is 10.1. The molecule has 5 heteroatoms. The Hall–Kier alpha value is -1.55. The quantitative estimate of drug-likeness (QED) is 0.879. The summed E-state index contributed by atoms with van der Waals surface area (Å²) in [7, 11) is 0. The highest BCUT2D eigenvalue weighted by Gasteiger charge is 2.30. The molecule has 0 heterocycles. The van der Waals surface area contributed by atoms with Crippen LogP contribution in [0.4, 0.5) is 0 Å². The van der Waals surface area contributed by atoms with Crippen molar-refractivity contribution in [2.45, 2.75) is 45.1 Å². The second-order valence-corrected chi connectivity index (χ2v) is 6.10. The monoisotopic (exact) mass is 309 g/mol. The molecule has 0 unspecified atom stereocenters. The molecular weight excluding hydrogens is 290 g/mol. The maximum Gasteiger partial charge on any atom is 0.306 e. The summed E-state index contributed by atoms with van der Waals surface area (Å²) in [6, 6.07) is 5.81. The Bertz CT molecular complexity index is 544. The summed E-state index contributed by atoms with van der Waals surface area (Å²) in [6.45, 7) is 1.94. The summed E-state index contributed by atoms with van der Waals surface area (Å²) in [5, 5.41) is 12.6. The molecule has 1 aromatic rings. The number of hydrogen-bond acceptors (Lipinski definition) is 2. The summed E-state index contributed by atoms with van der Waals surface area (Å²) in [5.74, 6) is -1.10. The maximum absolute atomic E-state index is 11.9. The topological polar surface area (TPSA) is 66.4 Å². The first-order valence-electron chi connectivity index (χ1n) is 7.23. The minimum atomic E-state index is -0.763. The van der Waals surface area contributed by atoms with Crippen LogP contribution in [0.2, 0.25) is 5.02 Å². The van der Waals surface area contributed by atoms with Gasteiger partial charge in [-0.05, 0) is 49.8 Å². The van der Waals surface area contributed by atoms with Gasteiger partial charge in [0, 0.05) is 17.5 Å². The van der Waals surface area contributed by atoms with E-state index in [0.29, 0.717) is 30.7 Å². The lowest BCUT2D eigenvalue weighted by Gasteiger charge is -2.12. The Labute approximate surface area is 129 Å². The van der Waals surface area contributed by atoms with Crippen LogP contribution >= 0.6 is 11.6 Å². The van der Waals surface area contributed by atoms with E-state index in [1.165, 1.54) is 0 Å². The van der Waals surface area contributed by atoms with Gasteiger partial charge in [0.15, 0.2) is 0 Å². The molecule has 1 aromatic carbocycles. The number of carbonyl (C=O) groups excluding carboxylic acids is 1. The number of carboxylic acids is 1. The van der Waals surface area contributed by atoms with Crippen molar-refractivity contribution >= 4 is 23.5 Å². The van der Waals surface area contributed by atoms with Gasteiger partial charge >= 0.3 is 5.97 Å². The number of halogens is 1. The number of benzene rings is 1. The van der Waals surface area contributed by atoms with Gasteiger partial charge in [-0.15, -0.1) is 0 Å². The van der Waals surface area contributed by atoms with Crippen molar-refractivity contribution < 1.29 is 14.7 Å². The lowest BCUT2D eigenvalue weighted by molar-refractivity contribution is -0.141. The molecule has 2 atom stereocenters. The molecule has 0 radical (unpaired) electrons. The van der Waals surface area contributed by atoms with Crippen molar-refractivity contribution in [3.8, 4) is 0 Å². The normalized spacial score (nSPS) is 21.2. The van der Waals surface area contributed by atoms with E-state index in [-0.39, 0.29) is 17.9 Å². The van der Waals surface area contributed by atoms with E-state index in [1.54, 1.807) is 0 Å². The second-order valence-electron chi connectivity index (χ2n) is 5.70. The van der Waals surface area contributed by atoms with E-state index in [1.807, 2.05) is 25.1 Å². The maximum atomic E-state index is 11.9. The highest BCUT2D eigenvalue weighted by Crippen LogP contribution is 2.25. The van der Waals surface area contributed by atoms with Crippen LogP contribution < -0.4 is 5.32 Å². The average Bonchev–Trinajstić information content (AvgIpc) is 2.89. The van der Waals surface area contributed by atoms with Gasteiger partial charge in [-0.25, -0.2) is 0 Å². The van der Waals surface area contributed by atoms with Gasteiger partial charge in [-0.3, -0.25) is 9.59 Å². The number of rotatable bonds is 5. The third-order valence-electron chi connectivity index (χ3n) is 4.02. The molecule has 0 saturated heterocycles. The van der Waals surface area contributed by atoms with E-state index >= 15 is 0 Å². The van der Waals surface area contributed by atoms with Crippen molar-refractivity contribution in [1.82, 2.24) is 5.32 Å². The fraction of sp³-hybridized carbons (Fsp3) is 0.500. The second kappa shape index (κ2) is 6.94. The number of hydrogen-bond donors (Lipinski definition) is 2. The van der Waals surface area contributed by atoms with Gasteiger partial charge in [0.2, 0.25) is 5.91 Å². The summed E-state index contributed by atoms with van der Waals surface area (Å²) in [6.07, 6.45) is 2.97. The fourth-order valence-electron chi connectivity index (χ4n) is 2.69. The summed E-state index contributed by atoms with van der Waals surface area (Å²) in [4.78, 5) is 22.8. The van der Waals surface area contributed by atoms with Crippen molar-refractivity contribution in [3.63, 3.8) is 0 Å². The van der Waals surface area contributed by atoms with Gasteiger partial charge in [0.05, 0.1) is 5.92 Å². The van der Waals surface area contributed by atoms with E-state index in [9.17, 15) is 9.59 Å². The minimum absolute atomic E-state index is 0.000191. The van der Waals surface area contributed by atoms with Gasteiger partial charge in [0.25, 0.3) is 0 Å². The predicted molar refractivity (Wildman–Crippen MR) is 81.4 cm³/mol. The van der Waals surface area contributed by atoms with Crippen LogP contribution in [0.15, 0.2) is 18.2 Å². The first kappa shape index (κ1) is 15.8. The van der Waals surface area contributed by atoms with Crippen LogP contribution in [-0.2, 0) is 16.0 Å². The van der Waals surface area contributed by atoms with Gasteiger partial charge in [0.1, 0.15) is 0 Å². The van der Waals surface area contributed by atoms with Crippen molar-refractivity contribution in [1.29, 1.82) is 0 Å². The Morgan fingerprint density at radius 2 is 2.14 bits per heavy atom. The predicted octanol–water partition coefficient (Wildman–Crippen LogP) is 2.95. The first-order valence-corrected chi connectivity index (χ1v) is 7.60. The third kappa shape index (κ3) is 4.46. The van der Waals surface area contributed by atoms with E-state index in [4.69, 9.17) is 16.7 Å². The van der Waals surface area contributed by atoms with Crippen LogP contribution in [0.3, 0.4) is 0 Å². The van der Waals surface area contributed by atoms with Crippen molar-refractivity contribution in [2.75, 3.05) is 0 Å². The number of aliphatic carboxylic acids is 1.